The van der Waals surface area contributed by atoms with Crippen molar-refractivity contribution in [3.8, 4) is 0 Å². The molecule has 1 aromatic carbocycles. The summed E-state index contributed by atoms with van der Waals surface area (Å²) in [4.78, 5) is 25.3. The van der Waals surface area contributed by atoms with Crippen molar-refractivity contribution >= 4 is 11.9 Å². The fourth-order valence-electron chi connectivity index (χ4n) is 3.91. The second-order valence-corrected chi connectivity index (χ2v) is 6.80. The molecule has 0 atom stereocenters. The Bertz CT molecular complexity index is 558. The van der Waals surface area contributed by atoms with Crippen LogP contribution in [0.4, 0.5) is 0 Å². The highest BCUT2D eigenvalue weighted by Gasteiger charge is 2.40. The minimum absolute atomic E-state index is 0.172. The number of hydrogen-bond donors (Lipinski definition) is 1. The average molecular weight is 301 g/mol. The van der Waals surface area contributed by atoms with Gasteiger partial charge in [0.05, 0.1) is 12.0 Å². The van der Waals surface area contributed by atoms with Crippen LogP contribution in [0.25, 0.3) is 0 Å². The maximum atomic E-state index is 12.5. The number of nitrogens with zero attached hydrogens (tertiary/aromatic N) is 1. The van der Waals surface area contributed by atoms with Gasteiger partial charge in [-0.1, -0.05) is 31.4 Å². The van der Waals surface area contributed by atoms with Gasteiger partial charge in [0, 0.05) is 13.1 Å². The standard InChI is InChI=1S/C18H23NO3/c20-16(12-14-4-6-15(7-5-14)17(21)22)19-11-10-18(13-19)8-2-1-3-9-18/h4-7H,1-3,8-13H2,(H,21,22). The zero-order valence-electron chi connectivity index (χ0n) is 12.9. The van der Waals surface area contributed by atoms with Gasteiger partial charge in [0.1, 0.15) is 0 Å². The minimum Gasteiger partial charge on any atom is -0.478 e. The molecule has 1 saturated heterocycles. The van der Waals surface area contributed by atoms with E-state index in [0.29, 0.717) is 11.8 Å². The maximum Gasteiger partial charge on any atom is 0.335 e. The third-order valence-corrected chi connectivity index (χ3v) is 5.26. The molecule has 1 aliphatic heterocycles. The summed E-state index contributed by atoms with van der Waals surface area (Å²) in [6.07, 6.45) is 8.00. The van der Waals surface area contributed by atoms with Crippen molar-refractivity contribution in [2.75, 3.05) is 13.1 Å². The Labute approximate surface area is 131 Å². The van der Waals surface area contributed by atoms with Crippen LogP contribution in [0, 0.1) is 5.41 Å². The number of benzene rings is 1. The highest BCUT2D eigenvalue weighted by molar-refractivity contribution is 5.87. The van der Waals surface area contributed by atoms with E-state index >= 15 is 0 Å². The summed E-state index contributed by atoms with van der Waals surface area (Å²) in [5.41, 5.74) is 1.54. The van der Waals surface area contributed by atoms with Gasteiger partial charge in [-0.05, 0) is 42.4 Å². The number of hydrogen-bond acceptors (Lipinski definition) is 2. The summed E-state index contributed by atoms with van der Waals surface area (Å²) in [5.74, 6) is -0.762. The monoisotopic (exact) mass is 301 g/mol. The zero-order chi connectivity index (χ0) is 15.6. The largest absolute Gasteiger partial charge is 0.478 e. The molecule has 2 fully saturated rings. The minimum atomic E-state index is -0.934. The summed E-state index contributed by atoms with van der Waals surface area (Å²) in [5, 5.41) is 8.90. The van der Waals surface area contributed by atoms with Crippen molar-refractivity contribution in [2.45, 2.75) is 44.9 Å². The first-order valence-electron chi connectivity index (χ1n) is 8.18. The lowest BCUT2D eigenvalue weighted by molar-refractivity contribution is -0.129. The van der Waals surface area contributed by atoms with Gasteiger partial charge in [0.25, 0.3) is 0 Å². The Kier molecular flexibility index (Phi) is 4.19. The molecule has 1 N–H and O–H groups in total. The normalized spacial score (nSPS) is 20.3. The van der Waals surface area contributed by atoms with Gasteiger partial charge in [-0.25, -0.2) is 4.79 Å². The highest BCUT2D eigenvalue weighted by atomic mass is 16.4. The fraction of sp³-hybridized carbons (Fsp3) is 0.556. The number of carbonyl (C=O) groups excluding carboxylic acids is 1. The van der Waals surface area contributed by atoms with E-state index in [1.807, 2.05) is 4.90 Å². The molecular formula is C18H23NO3. The first kappa shape index (κ1) is 15.1. The van der Waals surface area contributed by atoms with E-state index < -0.39 is 5.97 Å². The Morgan fingerprint density at radius 3 is 2.36 bits per heavy atom. The lowest BCUT2D eigenvalue weighted by Crippen LogP contribution is -2.34. The zero-order valence-corrected chi connectivity index (χ0v) is 12.9. The van der Waals surface area contributed by atoms with Crippen LogP contribution in [0.5, 0.6) is 0 Å². The predicted octanol–water partition coefficient (Wildman–Crippen LogP) is 3.11. The Hall–Kier alpha value is -1.84. The molecule has 0 radical (unpaired) electrons. The molecule has 0 aromatic heterocycles. The van der Waals surface area contributed by atoms with E-state index in [4.69, 9.17) is 5.11 Å². The van der Waals surface area contributed by atoms with Crippen molar-refractivity contribution < 1.29 is 14.7 Å². The summed E-state index contributed by atoms with van der Waals surface area (Å²) in [6.45, 7) is 1.80. The van der Waals surface area contributed by atoms with Crippen LogP contribution < -0.4 is 0 Å². The number of amides is 1. The predicted molar refractivity (Wildman–Crippen MR) is 83.8 cm³/mol. The number of carbonyl (C=O) groups is 2. The molecule has 118 valence electrons. The fourth-order valence-corrected chi connectivity index (χ4v) is 3.91. The van der Waals surface area contributed by atoms with Crippen molar-refractivity contribution in [3.05, 3.63) is 35.4 Å². The molecule has 1 saturated carbocycles. The molecule has 22 heavy (non-hydrogen) atoms. The lowest BCUT2D eigenvalue weighted by Gasteiger charge is -2.33. The van der Waals surface area contributed by atoms with Gasteiger partial charge in [0.2, 0.25) is 5.91 Å². The van der Waals surface area contributed by atoms with E-state index in [9.17, 15) is 9.59 Å². The van der Waals surface area contributed by atoms with Crippen LogP contribution >= 0.6 is 0 Å². The van der Waals surface area contributed by atoms with Crippen molar-refractivity contribution in [1.29, 1.82) is 0 Å². The summed E-state index contributed by atoms with van der Waals surface area (Å²) in [6, 6.07) is 6.62. The Morgan fingerprint density at radius 2 is 1.73 bits per heavy atom. The number of carboxylic acids is 1. The van der Waals surface area contributed by atoms with Crippen LogP contribution in [0.15, 0.2) is 24.3 Å². The maximum absolute atomic E-state index is 12.5. The molecular weight excluding hydrogens is 278 g/mol. The number of likely N-dealkylation sites (tertiary alicyclic amines) is 1. The summed E-state index contributed by atoms with van der Waals surface area (Å²) >= 11 is 0. The molecule has 3 rings (SSSR count). The quantitative estimate of drug-likeness (QED) is 0.933. The average Bonchev–Trinajstić information content (AvgIpc) is 2.92. The first-order valence-corrected chi connectivity index (χ1v) is 8.18. The van der Waals surface area contributed by atoms with E-state index in [0.717, 1.165) is 25.1 Å². The van der Waals surface area contributed by atoms with Gasteiger partial charge in [-0.3, -0.25) is 4.79 Å². The van der Waals surface area contributed by atoms with Gasteiger partial charge in [-0.2, -0.15) is 0 Å². The summed E-state index contributed by atoms with van der Waals surface area (Å²) < 4.78 is 0. The smallest absolute Gasteiger partial charge is 0.335 e. The van der Waals surface area contributed by atoms with Crippen LogP contribution in [-0.4, -0.2) is 35.0 Å². The van der Waals surface area contributed by atoms with Crippen molar-refractivity contribution in [3.63, 3.8) is 0 Å². The molecule has 1 aromatic rings. The number of rotatable bonds is 3. The third-order valence-electron chi connectivity index (χ3n) is 5.26. The Balaban J connectivity index is 1.59. The van der Waals surface area contributed by atoms with Crippen molar-refractivity contribution in [1.82, 2.24) is 4.90 Å². The molecule has 1 amide bonds. The second-order valence-electron chi connectivity index (χ2n) is 6.80. The van der Waals surface area contributed by atoms with E-state index in [-0.39, 0.29) is 11.5 Å². The summed E-state index contributed by atoms with van der Waals surface area (Å²) in [7, 11) is 0. The van der Waals surface area contributed by atoms with E-state index in [2.05, 4.69) is 0 Å². The molecule has 1 aliphatic carbocycles. The van der Waals surface area contributed by atoms with Crippen LogP contribution in [-0.2, 0) is 11.2 Å². The number of aromatic carboxylic acids is 1. The van der Waals surface area contributed by atoms with Crippen molar-refractivity contribution in [2.24, 2.45) is 5.41 Å². The molecule has 1 spiro atoms. The highest BCUT2D eigenvalue weighted by Crippen LogP contribution is 2.43. The second kappa shape index (κ2) is 6.11. The van der Waals surface area contributed by atoms with Crippen LogP contribution in [0.2, 0.25) is 0 Å². The lowest BCUT2D eigenvalue weighted by atomic mass is 9.73. The number of carboxylic acid groups (broad SMARTS) is 1. The van der Waals surface area contributed by atoms with E-state index in [1.165, 1.54) is 32.1 Å². The van der Waals surface area contributed by atoms with Crippen LogP contribution in [0.1, 0.15) is 54.4 Å². The van der Waals surface area contributed by atoms with Crippen LogP contribution in [0.3, 0.4) is 0 Å². The SMILES string of the molecule is O=C(O)c1ccc(CC(=O)N2CCC3(CCCCC3)C2)cc1. The van der Waals surface area contributed by atoms with E-state index in [1.54, 1.807) is 24.3 Å². The van der Waals surface area contributed by atoms with Gasteiger partial charge in [-0.15, -0.1) is 0 Å². The molecule has 0 bridgehead atoms. The van der Waals surface area contributed by atoms with Gasteiger partial charge < -0.3 is 10.0 Å². The third kappa shape index (κ3) is 3.16. The molecule has 0 unspecified atom stereocenters. The molecule has 4 heteroatoms. The molecule has 1 heterocycles. The topological polar surface area (TPSA) is 57.6 Å². The van der Waals surface area contributed by atoms with Gasteiger partial charge >= 0.3 is 5.97 Å². The van der Waals surface area contributed by atoms with Gasteiger partial charge in [0.15, 0.2) is 0 Å². The first-order chi connectivity index (χ1) is 10.6. The molecule has 4 nitrogen and oxygen atoms in total. The Morgan fingerprint density at radius 1 is 1.05 bits per heavy atom. The molecule has 2 aliphatic rings.